The third kappa shape index (κ3) is 4.71. The van der Waals surface area contributed by atoms with Crippen LogP contribution in [-0.2, 0) is 10.0 Å². The van der Waals surface area contributed by atoms with Crippen molar-refractivity contribution in [2.75, 3.05) is 26.2 Å². The zero-order chi connectivity index (χ0) is 19.4. The van der Waals surface area contributed by atoms with Gasteiger partial charge in [0.1, 0.15) is 5.75 Å². The summed E-state index contributed by atoms with van der Waals surface area (Å²) in [5.74, 6) is 0.768. The third-order valence-electron chi connectivity index (χ3n) is 5.01. The number of aryl methyl sites for hydroxylation is 2. The smallest absolute Gasteiger partial charge is 0.240 e. The molecule has 27 heavy (non-hydrogen) atoms. The molecule has 1 aliphatic heterocycles. The van der Waals surface area contributed by atoms with E-state index in [1.54, 1.807) is 23.5 Å². The molecule has 3 rings (SSSR count). The average molecular weight is 409 g/mol. The zero-order valence-corrected chi connectivity index (χ0v) is 17.8. The molecule has 148 valence electrons. The van der Waals surface area contributed by atoms with Crippen LogP contribution in [0.3, 0.4) is 0 Å². The molecule has 7 heteroatoms. The normalized spacial score (nSPS) is 16.6. The van der Waals surface area contributed by atoms with Gasteiger partial charge in [0.05, 0.1) is 11.5 Å². The standard InChI is InChI=1S/C20H28N2O3S2/c1-4-25-20-15(2)11-18(12-16(20)3)27(23,24)21-13-19(17-7-10-26-14-17)22-8-5-6-9-22/h7,10-12,14,19,21H,4-6,8-9,13H2,1-3H3. The van der Waals surface area contributed by atoms with Gasteiger partial charge < -0.3 is 4.74 Å². The fraction of sp³-hybridized carbons (Fsp3) is 0.500. The van der Waals surface area contributed by atoms with Crippen LogP contribution in [0.1, 0.15) is 42.5 Å². The van der Waals surface area contributed by atoms with Crippen molar-refractivity contribution in [1.82, 2.24) is 9.62 Å². The van der Waals surface area contributed by atoms with Crippen LogP contribution >= 0.6 is 11.3 Å². The van der Waals surface area contributed by atoms with E-state index < -0.39 is 10.0 Å². The second kappa shape index (κ2) is 8.73. The van der Waals surface area contributed by atoms with E-state index in [1.807, 2.05) is 26.2 Å². The van der Waals surface area contributed by atoms with Crippen LogP contribution in [0, 0.1) is 13.8 Å². The van der Waals surface area contributed by atoms with Crippen molar-refractivity contribution in [3.8, 4) is 5.75 Å². The van der Waals surface area contributed by atoms with E-state index in [1.165, 1.54) is 18.4 Å². The number of hydrogen-bond acceptors (Lipinski definition) is 5. The van der Waals surface area contributed by atoms with Gasteiger partial charge in [-0.3, -0.25) is 4.90 Å². The molecule has 0 amide bonds. The largest absolute Gasteiger partial charge is 0.493 e. The van der Waals surface area contributed by atoms with E-state index in [9.17, 15) is 8.42 Å². The Labute approximate surface area is 166 Å². The molecule has 1 N–H and O–H groups in total. The van der Waals surface area contributed by atoms with Crippen LogP contribution in [0.2, 0.25) is 0 Å². The van der Waals surface area contributed by atoms with Gasteiger partial charge in [-0.2, -0.15) is 11.3 Å². The molecule has 2 aromatic rings. The van der Waals surface area contributed by atoms with E-state index in [0.717, 1.165) is 30.0 Å². The molecule has 1 atom stereocenters. The topological polar surface area (TPSA) is 58.6 Å². The summed E-state index contributed by atoms with van der Waals surface area (Å²) in [5.41, 5.74) is 2.86. The lowest BCUT2D eigenvalue weighted by Gasteiger charge is -2.27. The monoisotopic (exact) mass is 408 g/mol. The van der Waals surface area contributed by atoms with Crippen molar-refractivity contribution in [3.63, 3.8) is 0 Å². The number of nitrogens with one attached hydrogen (secondary N) is 1. The van der Waals surface area contributed by atoms with Crippen molar-refractivity contribution in [2.24, 2.45) is 0 Å². The van der Waals surface area contributed by atoms with E-state index in [-0.39, 0.29) is 6.04 Å². The Morgan fingerprint density at radius 1 is 1.22 bits per heavy atom. The minimum atomic E-state index is -3.58. The molecule has 1 aromatic heterocycles. The average Bonchev–Trinajstić information content (AvgIpc) is 3.32. The van der Waals surface area contributed by atoms with Crippen LogP contribution in [-0.4, -0.2) is 39.6 Å². The van der Waals surface area contributed by atoms with Crippen molar-refractivity contribution in [2.45, 2.75) is 44.6 Å². The van der Waals surface area contributed by atoms with Gasteiger partial charge in [-0.1, -0.05) is 0 Å². The highest BCUT2D eigenvalue weighted by atomic mass is 32.2. The van der Waals surface area contributed by atoms with Crippen LogP contribution in [0.15, 0.2) is 33.9 Å². The molecule has 2 heterocycles. The maximum Gasteiger partial charge on any atom is 0.240 e. The molecule has 1 unspecified atom stereocenters. The highest BCUT2D eigenvalue weighted by Crippen LogP contribution is 2.29. The molecular weight excluding hydrogens is 380 g/mol. The number of hydrogen-bond donors (Lipinski definition) is 1. The molecular formula is C20H28N2O3S2. The first kappa shape index (κ1) is 20.3. The fourth-order valence-electron chi connectivity index (χ4n) is 3.69. The first-order chi connectivity index (χ1) is 12.9. The summed E-state index contributed by atoms with van der Waals surface area (Å²) in [4.78, 5) is 2.67. The summed E-state index contributed by atoms with van der Waals surface area (Å²) in [6.07, 6.45) is 2.34. The van der Waals surface area contributed by atoms with Gasteiger partial charge >= 0.3 is 0 Å². The number of ether oxygens (including phenoxy) is 1. The van der Waals surface area contributed by atoms with E-state index in [2.05, 4.69) is 21.1 Å². The summed E-state index contributed by atoms with van der Waals surface area (Å²) in [6.45, 7) is 8.67. The van der Waals surface area contributed by atoms with Crippen molar-refractivity contribution < 1.29 is 13.2 Å². The number of sulfonamides is 1. The number of rotatable bonds is 8. The van der Waals surface area contributed by atoms with Gasteiger partial charge in [0, 0.05) is 12.6 Å². The van der Waals surface area contributed by atoms with Crippen LogP contribution in [0.4, 0.5) is 0 Å². The quantitative estimate of drug-likeness (QED) is 0.720. The first-order valence-corrected chi connectivity index (χ1v) is 11.8. The number of benzene rings is 1. The molecule has 0 saturated carbocycles. The highest BCUT2D eigenvalue weighted by molar-refractivity contribution is 7.89. The highest BCUT2D eigenvalue weighted by Gasteiger charge is 2.26. The Bertz CT molecular complexity index is 834. The summed E-state index contributed by atoms with van der Waals surface area (Å²) in [5, 5.41) is 4.16. The van der Waals surface area contributed by atoms with E-state index in [0.29, 0.717) is 18.0 Å². The molecule has 1 saturated heterocycles. The first-order valence-electron chi connectivity index (χ1n) is 9.42. The van der Waals surface area contributed by atoms with Gasteiger partial charge in [-0.15, -0.1) is 0 Å². The lowest BCUT2D eigenvalue weighted by Crippen LogP contribution is -2.36. The molecule has 0 aliphatic carbocycles. The second-order valence-corrected chi connectivity index (χ2v) is 9.53. The number of likely N-dealkylation sites (tertiary alicyclic amines) is 1. The lowest BCUT2D eigenvalue weighted by atomic mass is 10.1. The van der Waals surface area contributed by atoms with E-state index in [4.69, 9.17) is 4.74 Å². The Balaban J connectivity index is 1.79. The third-order valence-corrected chi connectivity index (χ3v) is 7.11. The molecule has 0 radical (unpaired) electrons. The Morgan fingerprint density at radius 3 is 2.44 bits per heavy atom. The molecule has 1 aromatic carbocycles. The number of thiophene rings is 1. The Hall–Kier alpha value is -1.41. The SMILES string of the molecule is CCOc1c(C)cc(S(=O)(=O)NCC(c2ccsc2)N2CCCC2)cc1C. The maximum atomic E-state index is 12.9. The van der Waals surface area contributed by atoms with Gasteiger partial charge in [0.2, 0.25) is 10.0 Å². The van der Waals surface area contributed by atoms with Gasteiger partial charge in [-0.05, 0) is 92.4 Å². The predicted molar refractivity (Wildman–Crippen MR) is 110 cm³/mol. The molecule has 1 fully saturated rings. The molecule has 0 bridgehead atoms. The zero-order valence-electron chi connectivity index (χ0n) is 16.2. The molecule has 1 aliphatic rings. The van der Waals surface area contributed by atoms with Crippen molar-refractivity contribution in [1.29, 1.82) is 0 Å². The molecule has 5 nitrogen and oxygen atoms in total. The predicted octanol–water partition coefficient (Wildman–Crippen LogP) is 3.88. The summed E-state index contributed by atoms with van der Waals surface area (Å²) in [7, 11) is -3.58. The van der Waals surface area contributed by atoms with E-state index >= 15 is 0 Å². The fourth-order valence-corrected chi connectivity index (χ4v) is 5.60. The van der Waals surface area contributed by atoms with Gasteiger partial charge in [-0.25, -0.2) is 13.1 Å². The second-order valence-electron chi connectivity index (χ2n) is 6.99. The maximum absolute atomic E-state index is 12.9. The van der Waals surface area contributed by atoms with Crippen molar-refractivity contribution in [3.05, 3.63) is 45.6 Å². The summed E-state index contributed by atoms with van der Waals surface area (Å²) in [6, 6.07) is 5.55. The van der Waals surface area contributed by atoms with Crippen LogP contribution < -0.4 is 9.46 Å². The van der Waals surface area contributed by atoms with Gasteiger partial charge in [0.15, 0.2) is 0 Å². The number of nitrogens with zero attached hydrogens (tertiary/aromatic N) is 1. The van der Waals surface area contributed by atoms with Crippen LogP contribution in [0.25, 0.3) is 0 Å². The van der Waals surface area contributed by atoms with Gasteiger partial charge in [0.25, 0.3) is 0 Å². The van der Waals surface area contributed by atoms with Crippen molar-refractivity contribution >= 4 is 21.4 Å². The summed E-state index contributed by atoms with van der Waals surface area (Å²) >= 11 is 1.65. The lowest BCUT2D eigenvalue weighted by molar-refractivity contribution is 0.247. The minimum Gasteiger partial charge on any atom is -0.493 e. The summed E-state index contributed by atoms with van der Waals surface area (Å²) < 4.78 is 34.3. The Kier molecular flexibility index (Phi) is 6.57. The molecule has 0 spiro atoms. The minimum absolute atomic E-state index is 0.0819. The Morgan fingerprint density at radius 2 is 1.89 bits per heavy atom. The van der Waals surface area contributed by atoms with Crippen LogP contribution in [0.5, 0.6) is 5.75 Å².